The van der Waals surface area contributed by atoms with Crippen LogP contribution in [0, 0.1) is 6.92 Å². The van der Waals surface area contributed by atoms with Crippen molar-refractivity contribution < 1.29 is 27.4 Å². The first kappa shape index (κ1) is 25.7. The van der Waals surface area contributed by atoms with E-state index in [0.29, 0.717) is 29.1 Å². The summed E-state index contributed by atoms with van der Waals surface area (Å²) in [6, 6.07) is 8.34. The molecule has 1 heterocycles. The van der Waals surface area contributed by atoms with Gasteiger partial charge in [-0.25, -0.2) is 0 Å². The van der Waals surface area contributed by atoms with Crippen LogP contribution in [-0.4, -0.2) is 33.0 Å². The molecule has 0 spiro atoms. The summed E-state index contributed by atoms with van der Waals surface area (Å²) in [7, 11) is 1.72. The Bertz CT molecular complexity index is 1170. The van der Waals surface area contributed by atoms with Crippen LogP contribution in [0.25, 0.3) is 0 Å². The molecule has 0 aliphatic rings. The number of thioether (sulfide) groups is 1. The monoisotopic (exact) mass is 514 g/mol. The number of rotatable bonds is 9. The molecule has 1 N–H and O–H groups in total. The summed E-state index contributed by atoms with van der Waals surface area (Å²) in [6.07, 6.45) is -4.54. The highest BCUT2D eigenvalue weighted by molar-refractivity contribution is 7.99. The maximum absolute atomic E-state index is 12.9. The fraction of sp³-hybridized carbons (Fsp3) is 0.318. The van der Waals surface area contributed by atoms with E-state index in [4.69, 9.17) is 21.1 Å². The fourth-order valence-electron chi connectivity index (χ4n) is 2.86. The van der Waals surface area contributed by atoms with Gasteiger partial charge in [0.05, 0.1) is 28.6 Å². The van der Waals surface area contributed by atoms with Crippen LogP contribution in [0.5, 0.6) is 11.5 Å². The molecule has 3 aromatic rings. The van der Waals surface area contributed by atoms with Gasteiger partial charge in [0.1, 0.15) is 6.61 Å². The summed E-state index contributed by atoms with van der Waals surface area (Å²) in [4.78, 5) is 12.3. The highest BCUT2D eigenvalue weighted by Gasteiger charge is 2.31. The Labute approximate surface area is 203 Å². The maximum atomic E-state index is 12.9. The van der Waals surface area contributed by atoms with Crippen molar-refractivity contribution in [1.82, 2.24) is 14.8 Å². The molecule has 1 aromatic heterocycles. The lowest BCUT2D eigenvalue weighted by Crippen LogP contribution is -2.16. The third-order valence-electron chi connectivity index (χ3n) is 4.58. The molecule has 3 rings (SSSR count). The molecule has 0 saturated heterocycles. The Balaban J connectivity index is 1.59. The molecule has 7 nitrogen and oxygen atoms in total. The second kappa shape index (κ2) is 11.0. The Morgan fingerprint density at radius 1 is 1.15 bits per heavy atom. The summed E-state index contributed by atoms with van der Waals surface area (Å²) in [5.41, 5.74) is 0.0223. The van der Waals surface area contributed by atoms with E-state index in [1.54, 1.807) is 11.6 Å². The minimum Gasteiger partial charge on any atom is -0.490 e. The van der Waals surface area contributed by atoms with Gasteiger partial charge in [0.2, 0.25) is 5.91 Å². The number of carbonyl (C=O) groups is 1. The Morgan fingerprint density at radius 3 is 2.62 bits per heavy atom. The topological polar surface area (TPSA) is 78.3 Å². The number of carbonyl (C=O) groups excluding carboxylic acids is 1. The van der Waals surface area contributed by atoms with E-state index < -0.39 is 17.6 Å². The Morgan fingerprint density at radius 2 is 1.91 bits per heavy atom. The van der Waals surface area contributed by atoms with Gasteiger partial charge in [-0.2, -0.15) is 13.2 Å². The average molecular weight is 515 g/mol. The molecule has 0 saturated carbocycles. The zero-order valence-electron chi connectivity index (χ0n) is 18.6. The summed E-state index contributed by atoms with van der Waals surface area (Å²) < 4.78 is 51.8. The number of alkyl halides is 3. The molecule has 0 radical (unpaired) electrons. The Hall–Kier alpha value is -2.92. The van der Waals surface area contributed by atoms with Gasteiger partial charge in [-0.3, -0.25) is 4.79 Å². The smallest absolute Gasteiger partial charge is 0.416 e. The molecule has 0 atom stereocenters. The highest BCUT2D eigenvalue weighted by atomic mass is 35.5. The predicted octanol–water partition coefficient (Wildman–Crippen LogP) is 5.50. The summed E-state index contributed by atoms with van der Waals surface area (Å²) in [5, 5.41) is 11.0. The van der Waals surface area contributed by atoms with Gasteiger partial charge in [-0.05, 0) is 49.7 Å². The number of nitrogens with zero attached hydrogens (tertiary/aromatic N) is 3. The molecule has 182 valence electrons. The minimum atomic E-state index is -4.54. The van der Waals surface area contributed by atoms with E-state index in [-0.39, 0.29) is 23.1 Å². The van der Waals surface area contributed by atoms with Crippen molar-refractivity contribution in [3.05, 3.63) is 58.4 Å². The second-order valence-electron chi connectivity index (χ2n) is 7.16. The molecule has 2 aromatic carbocycles. The van der Waals surface area contributed by atoms with Crippen LogP contribution in [0.1, 0.15) is 23.9 Å². The number of hydrogen-bond donors (Lipinski definition) is 1. The van der Waals surface area contributed by atoms with Gasteiger partial charge >= 0.3 is 6.18 Å². The number of benzene rings is 2. The number of amides is 1. The van der Waals surface area contributed by atoms with Gasteiger partial charge in [-0.15, -0.1) is 10.2 Å². The third kappa shape index (κ3) is 6.57. The predicted molar refractivity (Wildman–Crippen MR) is 123 cm³/mol. The van der Waals surface area contributed by atoms with Gasteiger partial charge in [-0.1, -0.05) is 29.4 Å². The van der Waals surface area contributed by atoms with Crippen LogP contribution in [0.3, 0.4) is 0 Å². The lowest BCUT2D eigenvalue weighted by molar-refractivity contribution is -0.137. The first-order chi connectivity index (χ1) is 16.1. The number of ether oxygens (including phenoxy) is 2. The lowest BCUT2D eigenvalue weighted by Gasteiger charge is -2.12. The van der Waals surface area contributed by atoms with Crippen molar-refractivity contribution in [2.45, 2.75) is 31.8 Å². The number of aryl methyl sites for hydroxylation is 1. The van der Waals surface area contributed by atoms with Crippen molar-refractivity contribution >= 4 is 35.0 Å². The third-order valence-corrected chi connectivity index (χ3v) is 5.93. The molecule has 0 aliphatic carbocycles. The van der Waals surface area contributed by atoms with Crippen LogP contribution in [0.15, 0.2) is 41.6 Å². The van der Waals surface area contributed by atoms with Gasteiger partial charge in [0.15, 0.2) is 22.5 Å². The van der Waals surface area contributed by atoms with Crippen LogP contribution in [0.4, 0.5) is 18.9 Å². The molecular weight excluding hydrogens is 493 g/mol. The van der Waals surface area contributed by atoms with E-state index in [9.17, 15) is 18.0 Å². The molecular formula is C22H22ClF3N4O3S. The van der Waals surface area contributed by atoms with Crippen LogP contribution in [0.2, 0.25) is 5.02 Å². The van der Waals surface area contributed by atoms with E-state index in [1.165, 1.54) is 0 Å². The zero-order chi connectivity index (χ0) is 24.9. The normalized spacial score (nSPS) is 11.4. The van der Waals surface area contributed by atoms with E-state index >= 15 is 0 Å². The fourth-order valence-corrected chi connectivity index (χ4v) is 3.75. The standard InChI is InChI=1S/C22H22ClF3N4O3S/c1-4-32-18-9-13(2)5-8-17(18)33-11-19-28-29-21(30(19)3)34-12-20(31)27-16-10-14(22(24,25)26)6-7-15(16)23/h5-10H,4,11-12H2,1-3H3,(H,27,31). The van der Waals surface area contributed by atoms with Gasteiger partial charge in [0, 0.05) is 7.05 Å². The van der Waals surface area contributed by atoms with E-state index in [1.807, 2.05) is 32.0 Å². The van der Waals surface area contributed by atoms with Crippen molar-refractivity contribution in [2.24, 2.45) is 7.05 Å². The second-order valence-corrected chi connectivity index (χ2v) is 8.51. The molecule has 1 amide bonds. The number of halogens is 4. The summed E-state index contributed by atoms with van der Waals surface area (Å²) >= 11 is 7.00. The van der Waals surface area contributed by atoms with Crippen LogP contribution >= 0.6 is 23.4 Å². The SMILES string of the molecule is CCOc1cc(C)ccc1OCc1nnc(SCC(=O)Nc2cc(C(F)(F)F)ccc2Cl)n1C. The highest BCUT2D eigenvalue weighted by Crippen LogP contribution is 2.34. The lowest BCUT2D eigenvalue weighted by atomic mass is 10.2. The number of nitrogens with one attached hydrogen (secondary N) is 1. The largest absolute Gasteiger partial charge is 0.490 e. The summed E-state index contributed by atoms with van der Waals surface area (Å²) in [6.45, 7) is 4.46. The number of anilines is 1. The quantitative estimate of drug-likeness (QED) is 0.380. The molecule has 0 fully saturated rings. The number of hydrogen-bond acceptors (Lipinski definition) is 6. The first-order valence-corrected chi connectivity index (χ1v) is 11.5. The van der Waals surface area contributed by atoms with Crippen molar-refractivity contribution in [1.29, 1.82) is 0 Å². The van der Waals surface area contributed by atoms with Crippen LogP contribution in [-0.2, 0) is 24.6 Å². The maximum Gasteiger partial charge on any atom is 0.416 e. The van der Waals surface area contributed by atoms with Crippen LogP contribution < -0.4 is 14.8 Å². The average Bonchev–Trinajstić information content (AvgIpc) is 3.12. The van der Waals surface area contributed by atoms with Crippen molar-refractivity contribution in [2.75, 3.05) is 17.7 Å². The summed E-state index contributed by atoms with van der Waals surface area (Å²) in [5.74, 6) is 1.08. The van der Waals surface area contributed by atoms with Crippen molar-refractivity contribution in [3.8, 4) is 11.5 Å². The molecule has 0 aliphatic heterocycles. The Kier molecular flexibility index (Phi) is 8.32. The van der Waals surface area contributed by atoms with Gasteiger partial charge < -0.3 is 19.4 Å². The molecule has 0 unspecified atom stereocenters. The zero-order valence-corrected chi connectivity index (χ0v) is 20.1. The van der Waals surface area contributed by atoms with E-state index in [0.717, 1.165) is 35.5 Å². The first-order valence-electron chi connectivity index (χ1n) is 10.1. The molecule has 0 bridgehead atoms. The number of aromatic nitrogens is 3. The van der Waals surface area contributed by atoms with Crippen molar-refractivity contribution in [3.63, 3.8) is 0 Å². The molecule has 34 heavy (non-hydrogen) atoms. The van der Waals surface area contributed by atoms with Gasteiger partial charge in [0.25, 0.3) is 0 Å². The van der Waals surface area contributed by atoms with E-state index in [2.05, 4.69) is 15.5 Å². The molecule has 12 heteroatoms. The minimum absolute atomic E-state index is 0.00645.